The number of hydrogen-bond donors (Lipinski definition) is 1. The predicted octanol–water partition coefficient (Wildman–Crippen LogP) is 2.37. The summed E-state index contributed by atoms with van der Waals surface area (Å²) in [5.41, 5.74) is 1.73. The van der Waals surface area contributed by atoms with Crippen LogP contribution in [0.25, 0.3) is 0 Å². The highest BCUT2D eigenvalue weighted by molar-refractivity contribution is 5.81. The number of carbonyl (C=O) groups is 1. The SMILES string of the molecule is CC(=O)C1C=C(C)C(O)=C(C)C1. The van der Waals surface area contributed by atoms with Gasteiger partial charge in [0.2, 0.25) is 0 Å². The highest BCUT2D eigenvalue weighted by Crippen LogP contribution is 2.27. The summed E-state index contributed by atoms with van der Waals surface area (Å²) in [7, 11) is 0. The van der Waals surface area contributed by atoms with Crippen molar-refractivity contribution in [2.24, 2.45) is 5.92 Å². The summed E-state index contributed by atoms with van der Waals surface area (Å²) in [5.74, 6) is 0.495. The maximum atomic E-state index is 11.0. The van der Waals surface area contributed by atoms with Gasteiger partial charge in [-0.25, -0.2) is 0 Å². The maximum Gasteiger partial charge on any atom is 0.136 e. The Morgan fingerprint density at radius 2 is 2.17 bits per heavy atom. The molecule has 0 aromatic carbocycles. The Balaban J connectivity index is 2.91. The van der Waals surface area contributed by atoms with Gasteiger partial charge >= 0.3 is 0 Å². The molecule has 1 atom stereocenters. The predicted molar refractivity (Wildman–Crippen MR) is 47.9 cm³/mol. The van der Waals surface area contributed by atoms with E-state index in [1.54, 1.807) is 6.92 Å². The van der Waals surface area contributed by atoms with Crippen molar-refractivity contribution < 1.29 is 9.90 Å². The molecule has 0 aliphatic heterocycles. The number of aliphatic hydroxyl groups excluding tert-OH is 1. The average molecular weight is 166 g/mol. The molecule has 0 amide bonds. The van der Waals surface area contributed by atoms with Crippen LogP contribution in [0.1, 0.15) is 27.2 Å². The molecule has 2 heteroatoms. The van der Waals surface area contributed by atoms with Crippen LogP contribution in [-0.2, 0) is 4.79 Å². The van der Waals surface area contributed by atoms with E-state index in [2.05, 4.69) is 0 Å². The Bertz CT molecular complexity index is 272. The van der Waals surface area contributed by atoms with Crippen LogP contribution in [0.2, 0.25) is 0 Å². The summed E-state index contributed by atoms with van der Waals surface area (Å²) in [6.07, 6.45) is 2.50. The van der Waals surface area contributed by atoms with Gasteiger partial charge in [0.05, 0.1) is 0 Å². The molecule has 0 saturated carbocycles. The third kappa shape index (κ3) is 1.58. The highest BCUT2D eigenvalue weighted by atomic mass is 16.3. The Hall–Kier alpha value is -1.05. The third-order valence-electron chi connectivity index (χ3n) is 2.28. The summed E-state index contributed by atoms with van der Waals surface area (Å²) < 4.78 is 0. The van der Waals surface area contributed by atoms with Gasteiger partial charge in [-0.1, -0.05) is 6.08 Å². The minimum absolute atomic E-state index is 0.0269. The van der Waals surface area contributed by atoms with E-state index in [1.165, 1.54) is 0 Å². The Kier molecular flexibility index (Phi) is 2.36. The molecule has 0 fully saturated rings. The molecule has 12 heavy (non-hydrogen) atoms. The lowest BCUT2D eigenvalue weighted by Crippen LogP contribution is -2.14. The highest BCUT2D eigenvalue weighted by Gasteiger charge is 2.19. The molecule has 1 rings (SSSR count). The molecule has 1 N–H and O–H groups in total. The molecule has 0 bridgehead atoms. The summed E-state index contributed by atoms with van der Waals surface area (Å²) >= 11 is 0. The molecule has 0 spiro atoms. The van der Waals surface area contributed by atoms with Gasteiger partial charge in [0.15, 0.2) is 0 Å². The lowest BCUT2D eigenvalue weighted by atomic mass is 9.88. The lowest BCUT2D eigenvalue weighted by molar-refractivity contribution is -0.119. The van der Waals surface area contributed by atoms with Crippen LogP contribution < -0.4 is 0 Å². The summed E-state index contributed by atoms with van der Waals surface area (Å²) in [6, 6.07) is 0. The van der Waals surface area contributed by atoms with Gasteiger partial charge < -0.3 is 5.11 Å². The van der Waals surface area contributed by atoms with E-state index in [0.29, 0.717) is 12.2 Å². The van der Waals surface area contributed by atoms with Crippen molar-refractivity contribution in [1.82, 2.24) is 0 Å². The minimum Gasteiger partial charge on any atom is -0.508 e. The first-order valence-electron chi connectivity index (χ1n) is 4.10. The standard InChI is InChI=1S/C10H14O2/c1-6-4-9(8(3)11)5-7(2)10(6)12/h4,9,12H,5H2,1-3H3. The Labute approximate surface area is 72.6 Å². The number of rotatable bonds is 1. The fourth-order valence-electron chi connectivity index (χ4n) is 1.46. The smallest absolute Gasteiger partial charge is 0.136 e. The summed E-state index contributed by atoms with van der Waals surface area (Å²) in [6.45, 7) is 5.28. The van der Waals surface area contributed by atoms with Gasteiger partial charge in [0.25, 0.3) is 0 Å². The number of Topliss-reactive ketones (excluding diaryl/α,β-unsaturated/α-hetero) is 1. The quantitative estimate of drug-likeness (QED) is 0.649. The molecular weight excluding hydrogens is 152 g/mol. The Morgan fingerprint density at radius 1 is 1.58 bits per heavy atom. The minimum atomic E-state index is -0.0269. The van der Waals surface area contributed by atoms with Gasteiger partial charge in [0, 0.05) is 5.92 Å². The number of hydrogen-bond acceptors (Lipinski definition) is 2. The largest absolute Gasteiger partial charge is 0.508 e. The van der Waals surface area contributed by atoms with Crippen LogP contribution in [0.15, 0.2) is 23.0 Å². The molecule has 0 aromatic heterocycles. The van der Waals surface area contributed by atoms with Gasteiger partial charge in [0.1, 0.15) is 11.5 Å². The van der Waals surface area contributed by atoms with E-state index in [1.807, 2.05) is 19.9 Å². The fourth-order valence-corrected chi connectivity index (χ4v) is 1.46. The van der Waals surface area contributed by atoms with Crippen LogP contribution in [0.3, 0.4) is 0 Å². The zero-order valence-electron chi connectivity index (χ0n) is 7.72. The van der Waals surface area contributed by atoms with Crippen molar-refractivity contribution in [3.8, 4) is 0 Å². The second-order valence-corrected chi connectivity index (χ2v) is 3.40. The van der Waals surface area contributed by atoms with Crippen molar-refractivity contribution in [2.75, 3.05) is 0 Å². The topological polar surface area (TPSA) is 37.3 Å². The van der Waals surface area contributed by atoms with E-state index < -0.39 is 0 Å². The van der Waals surface area contributed by atoms with Crippen molar-refractivity contribution in [1.29, 1.82) is 0 Å². The molecule has 2 nitrogen and oxygen atoms in total. The normalized spacial score (nSPS) is 23.9. The van der Waals surface area contributed by atoms with Crippen LogP contribution in [0, 0.1) is 5.92 Å². The lowest BCUT2D eigenvalue weighted by Gasteiger charge is -2.18. The number of ketones is 1. The molecule has 66 valence electrons. The summed E-state index contributed by atoms with van der Waals surface area (Å²) in [5, 5.41) is 9.45. The second-order valence-electron chi connectivity index (χ2n) is 3.40. The van der Waals surface area contributed by atoms with Crippen LogP contribution in [-0.4, -0.2) is 10.9 Å². The molecule has 0 heterocycles. The first-order valence-corrected chi connectivity index (χ1v) is 4.10. The molecule has 1 aliphatic rings. The summed E-state index contributed by atoms with van der Waals surface area (Å²) in [4.78, 5) is 11.0. The first kappa shape index (κ1) is 9.04. The van der Waals surface area contributed by atoms with Gasteiger partial charge in [-0.15, -0.1) is 0 Å². The van der Waals surface area contributed by atoms with E-state index in [4.69, 9.17) is 0 Å². The molecule has 0 saturated heterocycles. The van der Waals surface area contributed by atoms with E-state index >= 15 is 0 Å². The molecule has 0 aromatic rings. The third-order valence-corrected chi connectivity index (χ3v) is 2.28. The van der Waals surface area contributed by atoms with Crippen molar-refractivity contribution in [3.63, 3.8) is 0 Å². The van der Waals surface area contributed by atoms with Gasteiger partial charge in [-0.2, -0.15) is 0 Å². The molecular formula is C10H14O2. The average Bonchev–Trinajstić information content (AvgIpc) is 1.99. The zero-order chi connectivity index (χ0) is 9.30. The van der Waals surface area contributed by atoms with Crippen LogP contribution >= 0.6 is 0 Å². The maximum absolute atomic E-state index is 11.0. The monoisotopic (exact) mass is 166 g/mol. The van der Waals surface area contributed by atoms with Crippen LogP contribution in [0.5, 0.6) is 0 Å². The van der Waals surface area contributed by atoms with E-state index in [9.17, 15) is 9.90 Å². The Morgan fingerprint density at radius 3 is 2.58 bits per heavy atom. The van der Waals surface area contributed by atoms with Gasteiger partial charge in [-0.05, 0) is 38.3 Å². The van der Waals surface area contributed by atoms with Crippen LogP contribution in [0.4, 0.5) is 0 Å². The molecule has 1 aliphatic carbocycles. The molecule has 0 radical (unpaired) electrons. The zero-order valence-corrected chi connectivity index (χ0v) is 7.72. The first-order chi connectivity index (χ1) is 5.52. The van der Waals surface area contributed by atoms with Crippen molar-refractivity contribution in [3.05, 3.63) is 23.0 Å². The number of carbonyl (C=O) groups excluding carboxylic acids is 1. The van der Waals surface area contributed by atoms with E-state index in [0.717, 1.165) is 11.1 Å². The number of allylic oxidation sites excluding steroid dienone is 3. The number of aliphatic hydroxyl groups is 1. The van der Waals surface area contributed by atoms with Crippen molar-refractivity contribution >= 4 is 5.78 Å². The fraction of sp³-hybridized carbons (Fsp3) is 0.500. The van der Waals surface area contributed by atoms with Gasteiger partial charge in [-0.3, -0.25) is 4.79 Å². The second kappa shape index (κ2) is 3.13. The van der Waals surface area contributed by atoms with Crippen molar-refractivity contribution in [2.45, 2.75) is 27.2 Å². The molecule has 1 unspecified atom stereocenters. The van der Waals surface area contributed by atoms with E-state index in [-0.39, 0.29) is 11.7 Å².